The van der Waals surface area contributed by atoms with Crippen LogP contribution in [-0.2, 0) is 16.0 Å². The number of para-hydroxylation sites is 1. The Morgan fingerprint density at radius 3 is 2.60 bits per heavy atom. The van der Waals surface area contributed by atoms with Crippen molar-refractivity contribution in [3.63, 3.8) is 0 Å². The second-order valence-corrected chi connectivity index (χ2v) is 5.97. The first-order valence-electron chi connectivity index (χ1n) is 8.20. The largest absolute Gasteiger partial charge is 0.374 e. The Bertz CT molecular complexity index is 776. The second-order valence-electron chi connectivity index (χ2n) is 5.97. The van der Waals surface area contributed by atoms with Gasteiger partial charge < -0.3 is 15.5 Å². The molecule has 0 saturated carbocycles. The lowest BCUT2D eigenvalue weighted by Crippen LogP contribution is -2.33. The quantitative estimate of drug-likeness (QED) is 0.877. The Hall–Kier alpha value is -2.89. The summed E-state index contributed by atoms with van der Waals surface area (Å²) in [5, 5.41) is 5.77. The molecule has 0 aliphatic carbocycles. The molecule has 1 fully saturated rings. The zero-order valence-electron chi connectivity index (χ0n) is 14.0. The van der Waals surface area contributed by atoms with Crippen LogP contribution >= 0.6 is 0 Å². The summed E-state index contributed by atoms with van der Waals surface area (Å²) in [5.74, 6) is -0.582. The number of carbonyl (C=O) groups is 2. The number of amides is 2. The maximum atomic E-state index is 13.9. The summed E-state index contributed by atoms with van der Waals surface area (Å²) in [6, 6.07) is 13.3. The molecular formula is C19H20FN3O2. The molecule has 0 aromatic heterocycles. The number of nitrogens with zero attached hydrogens (tertiary/aromatic N) is 1. The summed E-state index contributed by atoms with van der Waals surface area (Å²) in [6.45, 7) is 0.478. The van der Waals surface area contributed by atoms with Gasteiger partial charge in [0.2, 0.25) is 11.8 Å². The van der Waals surface area contributed by atoms with Gasteiger partial charge in [0.25, 0.3) is 0 Å². The highest BCUT2D eigenvalue weighted by Crippen LogP contribution is 2.26. The molecule has 0 bridgehead atoms. The molecule has 2 aromatic carbocycles. The van der Waals surface area contributed by atoms with E-state index in [1.54, 1.807) is 25.2 Å². The van der Waals surface area contributed by atoms with E-state index in [2.05, 4.69) is 10.6 Å². The van der Waals surface area contributed by atoms with Gasteiger partial charge in [0.05, 0.1) is 12.1 Å². The number of hydrogen-bond acceptors (Lipinski definition) is 3. The van der Waals surface area contributed by atoms with Gasteiger partial charge in [-0.25, -0.2) is 4.39 Å². The molecule has 1 saturated heterocycles. The number of hydrogen-bond donors (Lipinski definition) is 2. The molecule has 0 radical (unpaired) electrons. The summed E-state index contributed by atoms with van der Waals surface area (Å²) in [4.78, 5) is 25.4. The first kappa shape index (κ1) is 17.0. The molecule has 2 aromatic rings. The summed E-state index contributed by atoms with van der Waals surface area (Å²) in [7, 11) is 1.60. The number of nitrogens with one attached hydrogen (secondary N) is 2. The second kappa shape index (κ2) is 7.34. The average Bonchev–Trinajstić information content (AvgIpc) is 2.97. The van der Waals surface area contributed by atoms with E-state index in [0.29, 0.717) is 25.1 Å². The van der Waals surface area contributed by atoms with E-state index in [1.165, 1.54) is 11.0 Å². The Balaban J connectivity index is 1.65. The van der Waals surface area contributed by atoms with Crippen LogP contribution in [0, 0.1) is 5.82 Å². The predicted octanol–water partition coefficient (Wildman–Crippen LogP) is 2.33. The summed E-state index contributed by atoms with van der Waals surface area (Å²) in [6.07, 6.45) is 0.924. The molecule has 1 heterocycles. The first-order chi connectivity index (χ1) is 12.1. The minimum absolute atomic E-state index is 0.0489. The fraction of sp³-hybridized carbons (Fsp3) is 0.263. The van der Waals surface area contributed by atoms with Crippen molar-refractivity contribution in [2.45, 2.75) is 18.9 Å². The normalized spacial score (nSPS) is 16.8. The highest BCUT2D eigenvalue weighted by Gasteiger charge is 2.33. The molecule has 130 valence electrons. The fourth-order valence-corrected chi connectivity index (χ4v) is 2.92. The van der Waals surface area contributed by atoms with Crippen molar-refractivity contribution in [3.8, 4) is 0 Å². The van der Waals surface area contributed by atoms with E-state index in [9.17, 15) is 14.0 Å². The average molecular weight is 341 g/mol. The first-order valence-corrected chi connectivity index (χ1v) is 8.20. The highest BCUT2D eigenvalue weighted by molar-refractivity contribution is 6.01. The van der Waals surface area contributed by atoms with Crippen LogP contribution in [0.1, 0.15) is 12.0 Å². The molecular weight excluding hydrogens is 321 g/mol. The van der Waals surface area contributed by atoms with Crippen LogP contribution < -0.4 is 15.5 Å². The van der Waals surface area contributed by atoms with Crippen LogP contribution in [0.15, 0.2) is 48.5 Å². The summed E-state index contributed by atoms with van der Waals surface area (Å²) >= 11 is 0. The van der Waals surface area contributed by atoms with Gasteiger partial charge in [0.15, 0.2) is 0 Å². The molecule has 1 aliphatic rings. The van der Waals surface area contributed by atoms with E-state index in [4.69, 9.17) is 0 Å². The number of halogens is 1. The van der Waals surface area contributed by atoms with E-state index in [1.807, 2.05) is 24.3 Å². The number of carbonyl (C=O) groups excluding carboxylic acids is 2. The lowest BCUT2D eigenvalue weighted by molar-refractivity contribution is -0.120. The van der Waals surface area contributed by atoms with Crippen LogP contribution in [-0.4, -0.2) is 31.4 Å². The molecule has 3 rings (SSSR count). The van der Waals surface area contributed by atoms with Crippen LogP contribution in [0.25, 0.3) is 0 Å². The van der Waals surface area contributed by atoms with Crippen molar-refractivity contribution in [1.82, 2.24) is 5.32 Å². The number of benzene rings is 2. The van der Waals surface area contributed by atoms with Crippen molar-refractivity contribution in [1.29, 1.82) is 0 Å². The van der Waals surface area contributed by atoms with Gasteiger partial charge in [-0.05, 0) is 36.2 Å². The minimum atomic E-state index is -0.393. The third-order valence-electron chi connectivity index (χ3n) is 4.29. The zero-order valence-corrected chi connectivity index (χ0v) is 14.0. The molecule has 2 N–H and O–H groups in total. The molecule has 1 aliphatic heterocycles. The van der Waals surface area contributed by atoms with E-state index in [-0.39, 0.29) is 17.9 Å². The molecule has 6 heteroatoms. The Labute approximate surface area is 145 Å². The standard InChI is InChI=1S/C19H20FN3O2/c1-21-18(24)12-13-6-8-14(9-7-13)22-16-10-11-23(19(16)25)17-5-3-2-4-15(17)20/h2-9,16,22H,10-12H2,1H3,(H,21,24)/t16-/m0/s1. The van der Waals surface area contributed by atoms with Crippen LogP contribution in [0.5, 0.6) is 0 Å². The number of rotatable bonds is 5. The molecule has 0 spiro atoms. The van der Waals surface area contributed by atoms with Gasteiger partial charge in [-0.3, -0.25) is 9.59 Å². The molecule has 5 nitrogen and oxygen atoms in total. The van der Waals surface area contributed by atoms with Gasteiger partial charge in [-0.1, -0.05) is 24.3 Å². The van der Waals surface area contributed by atoms with Crippen molar-refractivity contribution in [2.24, 2.45) is 0 Å². The molecule has 2 amide bonds. The lowest BCUT2D eigenvalue weighted by atomic mass is 10.1. The summed E-state index contributed by atoms with van der Waals surface area (Å²) in [5.41, 5.74) is 2.02. The smallest absolute Gasteiger partial charge is 0.249 e. The maximum Gasteiger partial charge on any atom is 0.249 e. The molecule has 0 unspecified atom stereocenters. The molecule has 1 atom stereocenters. The van der Waals surface area contributed by atoms with Crippen molar-refractivity contribution in [3.05, 3.63) is 59.9 Å². The maximum absolute atomic E-state index is 13.9. The van der Waals surface area contributed by atoms with Gasteiger partial charge in [0, 0.05) is 19.3 Å². The number of anilines is 2. The topological polar surface area (TPSA) is 61.4 Å². The fourth-order valence-electron chi connectivity index (χ4n) is 2.92. The highest BCUT2D eigenvalue weighted by atomic mass is 19.1. The van der Waals surface area contributed by atoms with Gasteiger partial charge in [0.1, 0.15) is 11.9 Å². The van der Waals surface area contributed by atoms with Crippen molar-refractivity contribution in [2.75, 3.05) is 23.8 Å². The minimum Gasteiger partial charge on any atom is -0.374 e. The monoisotopic (exact) mass is 341 g/mol. The van der Waals surface area contributed by atoms with Crippen LogP contribution in [0.3, 0.4) is 0 Å². The van der Waals surface area contributed by atoms with Gasteiger partial charge >= 0.3 is 0 Å². The van der Waals surface area contributed by atoms with Gasteiger partial charge in [-0.2, -0.15) is 0 Å². The zero-order chi connectivity index (χ0) is 17.8. The van der Waals surface area contributed by atoms with Crippen molar-refractivity contribution < 1.29 is 14.0 Å². The van der Waals surface area contributed by atoms with E-state index < -0.39 is 5.82 Å². The Kier molecular flexibility index (Phi) is 4.97. The lowest BCUT2D eigenvalue weighted by Gasteiger charge is -2.18. The predicted molar refractivity (Wildman–Crippen MR) is 95.0 cm³/mol. The molecule has 25 heavy (non-hydrogen) atoms. The SMILES string of the molecule is CNC(=O)Cc1ccc(N[C@H]2CCN(c3ccccc3F)C2=O)cc1. The van der Waals surface area contributed by atoms with Crippen LogP contribution in [0.2, 0.25) is 0 Å². The van der Waals surface area contributed by atoms with Crippen LogP contribution in [0.4, 0.5) is 15.8 Å². The number of likely N-dealkylation sites (N-methyl/N-ethyl adjacent to an activating group) is 1. The van der Waals surface area contributed by atoms with Crippen molar-refractivity contribution >= 4 is 23.2 Å². The van der Waals surface area contributed by atoms with E-state index >= 15 is 0 Å². The third-order valence-corrected chi connectivity index (χ3v) is 4.29. The van der Waals surface area contributed by atoms with E-state index in [0.717, 1.165) is 11.3 Å². The van der Waals surface area contributed by atoms with Gasteiger partial charge in [-0.15, -0.1) is 0 Å². The third kappa shape index (κ3) is 3.79. The Morgan fingerprint density at radius 1 is 1.20 bits per heavy atom. The summed E-state index contributed by atoms with van der Waals surface area (Å²) < 4.78 is 13.9. The Morgan fingerprint density at radius 2 is 1.92 bits per heavy atom.